The average Bonchev–Trinajstić information content (AvgIpc) is 2.54. The van der Waals surface area contributed by atoms with Gasteiger partial charge in [-0.1, -0.05) is 32.0 Å². The van der Waals surface area contributed by atoms with E-state index in [-0.39, 0.29) is 18.2 Å². The van der Waals surface area contributed by atoms with E-state index < -0.39 is 64.9 Å². The van der Waals surface area contributed by atoms with Crippen molar-refractivity contribution in [3.05, 3.63) is 34.9 Å². The van der Waals surface area contributed by atoms with Crippen molar-refractivity contribution in [3.8, 4) is 0 Å². The van der Waals surface area contributed by atoms with Gasteiger partial charge in [0.1, 0.15) is 0 Å². The second-order valence-corrected chi connectivity index (χ2v) is 6.49. The van der Waals surface area contributed by atoms with Crippen LogP contribution in [0.25, 0.3) is 0 Å². The zero-order valence-electron chi connectivity index (χ0n) is 14.9. The van der Waals surface area contributed by atoms with Gasteiger partial charge in [0.2, 0.25) is 0 Å². The summed E-state index contributed by atoms with van der Waals surface area (Å²) in [5.41, 5.74) is -17.9. The molecule has 0 aliphatic heterocycles. The molecular formula is C16H14F12O2. The van der Waals surface area contributed by atoms with Gasteiger partial charge in [-0.05, 0) is 17.9 Å². The number of alkyl halides is 12. The first-order valence-corrected chi connectivity index (χ1v) is 7.94. The highest BCUT2D eigenvalue weighted by molar-refractivity contribution is 5.47. The van der Waals surface area contributed by atoms with E-state index in [1.54, 1.807) is 0 Å². The van der Waals surface area contributed by atoms with E-state index in [4.69, 9.17) is 0 Å². The molecule has 0 saturated heterocycles. The van der Waals surface area contributed by atoms with E-state index >= 15 is 0 Å². The van der Waals surface area contributed by atoms with Crippen LogP contribution in [0.4, 0.5) is 52.7 Å². The van der Waals surface area contributed by atoms with Gasteiger partial charge >= 0.3 is 24.7 Å². The number of benzene rings is 1. The molecular weight excluding hydrogens is 452 g/mol. The van der Waals surface area contributed by atoms with Gasteiger partial charge in [-0.2, -0.15) is 52.7 Å². The van der Waals surface area contributed by atoms with E-state index in [1.165, 1.54) is 0 Å². The summed E-state index contributed by atoms with van der Waals surface area (Å²) in [6.07, 6.45) is -26.8. The number of hydrogen-bond acceptors (Lipinski definition) is 2. The second-order valence-electron chi connectivity index (χ2n) is 6.49. The van der Waals surface area contributed by atoms with Crippen molar-refractivity contribution < 1.29 is 62.9 Å². The molecule has 0 amide bonds. The van der Waals surface area contributed by atoms with Crippen LogP contribution in [0, 0.1) is 0 Å². The van der Waals surface area contributed by atoms with Crippen molar-refractivity contribution in [1.82, 2.24) is 0 Å². The molecule has 174 valence electrons. The molecule has 2 nitrogen and oxygen atoms in total. The molecule has 0 bridgehead atoms. The molecule has 1 aromatic carbocycles. The number of rotatable bonds is 4. The van der Waals surface area contributed by atoms with Gasteiger partial charge in [0, 0.05) is 11.1 Å². The van der Waals surface area contributed by atoms with Gasteiger partial charge < -0.3 is 10.2 Å². The van der Waals surface area contributed by atoms with Gasteiger partial charge in [-0.25, -0.2) is 0 Å². The summed E-state index contributed by atoms with van der Waals surface area (Å²) in [6.45, 7) is 1.81. The molecule has 0 fully saturated rings. The highest BCUT2D eigenvalue weighted by atomic mass is 19.4. The lowest BCUT2D eigenvalue weighted by molar-refractivity contribution is -0.378. The number of aliphatic hydroxyl groups is 2. The fourth-order valence-corrected chi connectivity index (χ4v) is 2.86. The molecule has 0 saturated carbocycles. The third kappa shape index (κ3) is 3.83. The third-order valence-electron chi connectivity index (χ3n) is 4.63. The van der Waals surface area contributed by atoms with Crippen molar-refractivity contribution in [3.63, 3.8) is 0 Å². The summed E-state index contributed by atoms with van der Waals surface area (Å²) in [5.74, 6) is -1.79. The Morgan fingerprint density at radius 1 is 0.667 bits per heavy atom. The molecule has 0 aliphatic rings. The zero-order chi connectivity index (χ0) is 24.1. The minimum absolute atomic E-state index is 0.0292. The molecule has 1 unspecified atom stereocenters. The largest absolute Gasteiger partial charge is 0.430 e. The van der Waals surface area contributed by atoms with E-state index in [0.717, 1.165) is 13.8 Å². The molecule has 2 N–H and O–H groups in total. The minimum atomic E-state index is -6.57. The van der Waals surface area contributed by atoms with Crippen LogP contribution in [-0.2, 0) is 11.2 Å². The molecule has 14 heteroatoms. The Labute approximate surface area is 161 Å². The molecule has 1 atom stereocenters. The number of hydrogen-bond donors (Lipinski definition) is 2. The predicted molar refractivity (Wildman–Crippen MR) is 77.2 cm³/mol. The van der Waals surface area contributed by atoms with Gasteiger partial charge in [0.05, 0.1) is 0 Å². The SMILES string of the molecule is CCC(C)c1c(C(O)(C(F)(F)F)C(F)(F)F)cccc1C(O)(C(F)(F)F)C(F)(F)F. The third-order valence-corrected chi connectivity index (χ3v) is 4.63. The van der Waals surface area contributed by atoms with E-state index in [9.17, 15) is 62.9 Å². The summed E-state index contributed by atoms with van der Waals surface area (Å²) in [6, 6.07) is -0.139. The molecule has 0 aliphatic carbocycles. The minimum Gasteiger partial charge on any atom is -0.369 e. The van der Waals surface area contributed by atoms with Crippen molar-refractivity contribution in [2.45, 2.75) is 62.1 Å². The smallest absolute Gasteiger partial charge is 0.369 e. The van der Waals surface area contributed by atoms with Gasteiger partial charge in [-0.15, -0.1) is 0 Å². The highest BCUT2D eigenvalue weighted by Gasteiger charge is 2.75. The van der Waals surface area contributed by atoms with Gasteiger partial charge in [-0.3, -0.25) is 0 Å². The van der Waals surface area contributed by atoms with Crippen LogP contribution in [0.3, 0.4) is 0 Å². The second kappa shape index (κ2) is 7.46. The summed E-state index contributed by atoms with van der Waals surface area (Å²) in [4.78, 5) is 0. The van der Waals surface area contributed by atoms with E-state index in [2.05, 4.69) is 0 Å². The van der Waals surface area contributed by atoms with Crippen LogP contribution in [0.2, 0.25) is 0 Å². The van der Waals surface area contributed by atoms with Crippen molar-refractivity contribution in [1.29, 1.82) is 0 Å². The first-order valence-electron chi connectivity index (χ1n) is 7.94. The molecule has 0 spiro atoms. The van der Waals surface area contributed by atoms with Crippen molar-refractivity contribution in [2.75, 3.05) is 0 Å². The van der Waals surface area contributed by atoms with Crippen LogP contribution in [0.15, 0.2) is 18.2 Å². The maximum absolute atomic E-state index is 13.3. The molecule has 0 aromatic heterocycles. The molecule has 30 heavy (non-hydrogen) atoms. The summed E-state index contributed by atoms with van der Waals surface area (Å²) >= 11 is 0. The fraction of sp³-hybridized carbons (Fsp3) is 0.625. The fourth-order valence-electron chi connectivity index (χ4n) is 2.86. The van der Waals surface area contributed by atoms with Crippen LogP contribution in [0.1, 0.15) is 42.9 Å². The maximum Gasteiger partial charge on any atom is 0.430 e. The van der Waals surface area contributed by atoms with E-state index in [1.807, 2.05) is 0 Å². The lowest BCUT2D eigenvalue weighted by Gasteiger charge is -2.39. The molecule has 1 aromatic rings. The quantitative estimate of drug-likeness (QED) is 0.549. The Morgan fingerprint density at radius 2 is 0.933 bits per heavy atom. The normalized spacial score (nSPS) is 16.0. The predicted octanol–water partition coefficient (Wildman–Crippen LogP) is 5.82. The topological polar surface area (TPSA) is 40.5 Å². The maximum atomic E-state index is 13.3. The summed E-state index contributed by atoms with van der Waals surface area (Å²) in [5, 5.41) is 19.2. The molecule has 0 radical (unpaired) electrons. The first kappa shape index (κ1) is 26.3. The van der Waals surface area contributed by atoms with Crippen LogP contribution >= 0.6 is 0 Å². The Balaban J connectivity index is 4.26. The Kier molecular flexibility index (Phi) is 6.55. The molecule has 0 heterocycles. The first-order chi connectivity index (χ1) is 13.1. The highest BCUT2D eigenvalue weighted by Crippen LogP contribution is 2.56. The Morgan fingerprint density at radius 3 is 1.13 bits per heavy atom. The monoisotopic (exact) mass is 466 g/mol. The van der Waals surface area contributed by atoms with Crippen molar-refractivity contribution >= 4 is 0 Å². The van der Waals surface area contributed by atoms with E-state index in [0.29, 0.717) is 0 Å². The van der Waals surface area contributed by atoms with Crippen LogP contribution < -0.4 is 0 Å². The average molecular weight is 466 g/mol. The van der Waals surface area contributed by atoms with Gasteiger partial charge in [0.15, 0.2) is 0 Å². The zero-order valence-corrected chi connectivity index (χ0v) is 14.9. The summed E-state index contributed by atoms with van der Waals surface area (Å²) in [7, 11) is 0. The Hall–Kier alpha value is -1.70. The van der Waals surface area contributed by atoms with Crippen LogP contribution in [-0.4, -0.2) is 34.9 Å². The van der Waals surface area contributed by atoms with Gasteiger partial charge in [0.25, 0.3) is 11.2 Å². The standard InChI is InChI=1S/C16H14F12O2/c1-3-7(2)10-8(11(29,13(17,18)19)14(20,21)22)5-4-6-9(10)12(30,15(23,24)25)16(26,27)28/h4-7,29-30H,3H2,1-2H3. The van der Waals surface area contributed by atoms with Crippen molar-refractivity contribution in [2.24, 2.45) is 0 Å². The molecule has 1 rings (SSSR count). The lowest BCUT2D eigenvalue weighted by Crippen LogP contribution is -2.57. The summed E-state index contributed by atoms with van der Waals surface area (Å²) < 4.78 is 159. The van der Waals surface area contributed by atoms with Crippen LogP contribution in [0.5, 0.6) is 0 Å². The number of halogens is 12. The Bertz CT molecular complexity index is 673. The lowest BCUT2D eigenvalue weighted by atomic mass is 9.76.